The third kappa shape index (κ3) is 3.82. The minimum atomic E-state index is -0.0902. The van der Waals surface area contributed by atoms with Crippen molar-refractivity contribution in [1.29, 1.82) is 0 Å². The number of carbonyl (C=O) groups excluding carboxylic acids is 1. The maximum absolute atomic E-state index is 11.3. The molecule has 0 bridgehead atoms. The Labute approximate surface area is 92.8 Å². The van der Waals surface area contributed by atoms with E-state index >= 15 is 0 Å². The van der Waals surface area contributed by atoms with Gasteiger partial charge < -0.3 is 9.64 Å². The summed E-state index contributed by atoms with van der Waals surface area (Å²) in [6.45, 7) is 7.33. The average Bonchev–Trinajstić information content (AvgIpc) is 2.29. The van der Waals surface area contributed by atoms with Crippen LogP contribution in [0.4, 0.5) is 0 Å². The Hall–Kier alpha value is -0.570. The van der Waals surface area contributed by atoms with Gasteiger partial charge in [0.05, 0.1) is 13.0 Å². The molecule has 1 unspecified atom stereocenters. The molecule has 1 rings (SSSR count). The molecular formula is C12H23NO2. The number of esters is 1. The fraction of sp³-hybridized carbons (Fsp3) is 0.917. The van der Waals surface area contributed by atoms with Crippen molar-refractivity contribution in [1.82, 2.24) is 4.90 Å². The lowest BCUT2D eigenvalue weighted by Gasteiger charge is -2.32. The van der Waals surface area contributed by atoms with Gasteiger partial charge in [-0.2, -0.15) is 0 Å². The van der Waals surface area contributed by atoms with Gasteiger partial charge in [0.15, 0.2) is 0 Å². The number of nitrogens with zero attached hydrogens (tertiary/aromatic N) is 1. The summed E-state index contributed by atoms with van der Waals surface area (Å²) in [5.41, 5.74) is 0. The van der Waals surface area contributed by atoms with Crippen molar-refractivity contribution in [2.45, 2.75) is 33.1 Å². The van der Waals surface area contributed by atoms with Crippen LogP contribution in [0.3, 0.4) is 0 Å². The predicted octanol–water partition coefficient (Wildman–Crippen LogP) is 1.92. The molecule has 0 aliphatic carbocycles. The van der Waals surface area contributed by atoms with Crippen LogP contribution in [0.1, 0.15) is 33.1 Å². The molecule has 1 atom stereocenters. The molecule has 0 spiro atoms. The highest BCUT2D eigenvalue weighted by atomic mass is 16.5. The molecule has 0 radical (unpaired) electrons. The Kier molecular flexibility index (Phi) is 5.09. The molecule has 0 saturated carbocycles. The molecular weight excluding hydrogens is 190 g/mol. The molecule has 1 aliphatic heterocycles. The van der Waals surface area contributed by atoms with Gasteiger partial charge in [-0.05, 0) is 31.8 Å². The fourth-order valence-electron chi connectivity index (χ4n) is 2.24. The van der Waals surface area contributed by atoms with Crippen LogP contribution in [-0.2, 0) is 9.53 Å². The van der Waals surface area contributed by atoms with E-state index in [1.807, 2.05) is 6.92 Å². The summed E-state index contributed by atoms with van der Waals surface area (Å²) < 4.78 is 4.73. The van der Waals surface area contributed by atoms with Crippen LogP contribution in [0.25, 0.3) is 0 Å². The first-order chi connectivity index (χ1) is 7.17. The molecule has 3 nitrogen and oxygen atoms in total. The van der Waals surface area contributed by atoms with Gasteiger partial charge in [0.25, 0.3) is 0 Å². The minimum Gasteiger partial charge on any atom is -0.469 e. The number of likely N-dealkylation sites (tertiary alicyclic amines) is 1. The van der Waals surface area contributed by atoms with Crippen LogP contribution in [0.2, 0.25) is 0 Å². The SMILES string of the molecule is CCC1CCN(CC(C)C(=O)OC)CC1. The highest BCUT2D eigenvalue weighted by molar-refractivity contribution is 5.72. The van der Waals surface area contributed by atoms with E-state index < -0.39 is 0 Å². The highest BCUT2D eigenvalue weighted by Crippen LogP contribution is 2.20. The molecule has 0 aromatic heterocycles. The largest absolute Gasteiger partial charge is 0.469 e. The number of hydrogen-bond donors (Lipinski definition) is 0. The molecule has 1 saturated heterocycles. The number of carbonyl (C=O) groups is 1. The number of methoxy groups -OCH3 is 1. The summed E-state index contributed by atoms with van der Waals surface area (Å²) in [4.78, 5) is 13.6. The Bertz CT molecular complexity index is 198. The number of ether oxygens (including phenoxy) is 1. The number of rotatable bonds is 4. The van der Waals surface area contributed by atoms with Gasteiger partial charge in [-0.1, -0.05) is 20.3 Å². The first-order valence-electron chi connectivity index (χ1n) is 5.97. The lowest BCUT2D eigenvalue weighted by atomic mass is 9.94. The van der Waals surface area contributed by atoms with E-state index in [4.69, 9.17) is 4.74 Å². The normalized spacial score (nSPS) is 21.3. The lowest BCUT2D eigenvalue weighted by Crippen LogP contribution is -2.38. The van der Waals surface area contributed by atoms with Crippen molar-refractivity contribution in [2.24, 2.45) is 11.8 Å². The molecule has 88 valence electrons. The number of hydrogen-bond acceptors (Lipinski definition) is 3. The third-order valence-electron chi connectivity index (χ3n) is 3.42. The molecule has 0 aromatic carbocycles. The zero-order valence-electron chi connectivity index (χ0n) is 10.2. The Balaban J connectivity index is 2.26. The van der Waals surface area contributed by atoms with Crippen LogP contribution in [0.5, 0.6) is 0 Å². The van der Waals surface area contributed by atoms with Crippen LogP contribution in [0.15, 0.2) is 0 Å². The van der Waals surface area contributed by atoms with Gasteiger partial charge in [-0.15, -0.1) is 0 Å². The first-order valence-corrected chi connectivity index (χ1v) is 5.97. The van der Waals surface area contributed by atoms with Crippen molar-refractivity contribution >= 4 is 5.97 Å². The number of piperidine rings is 1. The maximum Gasteiger partial charge on any atom is 0.309 e. The standard InChI is InChI=1S/C12H23NO2/c1-4-11-5-7-13(8-6-11)9-10(2)12(14)15-3/h10-11H,4-9H2,1-3H3. The van der Waals surface area contributed by atoms with E-state index in [0.717, 1.165) is 25.6 Å². The first kappa shape index (κ1) is 12.5. The van der Waals surface area contributed by atoms with E-state index in [0.29, 0.717) is 0 Å². The predicted molar refractivity (Wildman–Crippen MR) is 60.6 cm³/mol. The summed E-state index contributed by atoms with van der Waals surface area (Å²) in [7, 11) is 1.46. The van der Waals surface area contributed by atoms with Crippen LogP contribution >= 0.6 is 0 Å². The molecule has 1 fully saturated rings. The molecule has 15 heavy (non-hydrogen) atoms. The Morgan fingerprint density at radius 1 is 1.47 bits per heavy atom. The summed E-state index contributed by atoms with van der Waals surface area (Å²) >= 11 is 0. The molecule has 0 amide bonds. The maximum atomic E-state index is 11.3. The highest BCUT2D eigenvalue weighted by Gasteiger charge is 2.22. The van der Waals surface area contributed by atoms with Crippen molar-refractivity contribution in [3.8, 4) is 0 Å². The molecule has 1 aliphatic rings. The second-order valence-electron chi connectivity index (χ2n) is 4.58. The zero-order valence-corrected chi connectivity index (χ0v) is 10.2. The van der Waals surface area contributed by atoms with Gasteiger partial charge in [0, 0.05) is 6.54 Å². The lowest BCUT2D eigenvalue weighted by molar-refractivity contribution is -0.145. The smallest absolute Gasteiger partial charge is 0.309 e. The Morgan fingerprint density at radius 3 is 2.53 bits per heavy atom. The quantitative estimate of drug-likeness (QED) is 0.668. The van der Waals surface area contributed by atoms with E-state index in [1.54, 1.807) is 0 Å². The topological polar surface area (TPSA) is 29.5 Å². The summed E-state index contributed by atoms with van der Waals surface area (Å²) in [6.07, 6.45) is 3.86. The zero-order chi connectivity index (χ0) is 11.3. The van der Waals surface area contributed by atoms with Gasteiger partial charge in [-0.3, -0.25) is 4.79 Å². The average molecular weight is 213 g/mol. The Morgan fingerprint density at radius 2 is 2.07 bits per heavy atom. The van der Waals surface area contributed by atoms with E-state index in [2.05, 4.69) is 11.8 Å². The van der Waals surface area contributed by atoms with Crippen molar-refractivity contribution in [2.75, 3.05) is 26.7 Å². The summed E-state index contributed by atoms with van der Waals surface area (Å²) in [5.74, 6) is 0.815. The minimum absolute atomic E-state index is 0.00757. The van der Waals surface area contributed by atoms with Crippen LogP contribution in [0, 0.1) is 11.8 Å². The third-order valence-corrected chi connectivity index (χ3v) is 3.42. The monoisotopic (exact) mass is 213 g/mol. The van der Waals surface area contributed by atoms with Gasteiger partial charge >= 0.3 is 5.97 Å². The van der Waals surface area contributed by atoms with Gasteiger partial charge in [0.2, 0.25) is 0 Å². The second-order valence-corrected chi connectivity index (χ2v) is 4.58. The van der Waals surface area contributed by atoms with Crippen LogP contribution < -0.4 is 0 Å². The fourth-order valence-corrected chi connectivity index (χ4v) is 2.24. The van der Waals surface area contributed by atoms with Gasteiger partial charge in [0.1, 0.15) is 0 Å². The van der Waals surface area contributed by atoms with Crippen molar-refractivity contribution < 1.29 is 9.53 Å². The van der Waals surface area contributed by atoms with Gasteiger partial charge in [-0.25, -0.2) is 0 Å². The van der Waals surface area contributed by atoms with E-state index in [9.17, 15) is 4.79 Å². The van der Waals surface area contributed by atoms with E-state index in [1.165, 1.54) is 26.4 Å². The summed E-state index contributed by atoms with van der Waals surface area (Å²) in [6, 6.07) is 0. The van der Waals surface area contributed by atoms with Crippen molar-refractivity contribution in [3.63, 3.8) is 0 Å². The van der Waals surface area contributed by atoms with E-state index in [-0.39, 0.29) is 11.9 Å². The second kappa shape index (κ2) is 6.11. The molecule has 0 N–H and O–H groups in total. The summed E-state index contributed by atoms with van der Waals surface area (Å²) in [5, 5.41) is 0. The molecule has 3 heteroatoms. The van der Waals surface area contributed by atoms with Crippen molar-refractivity contribution in [3.05, 3.63) is 0 Å². The molecule has 0 aromatic rings. The molecule has 1 heterocycles. The van der Waals surface area contributed by atoms with Crippen LogP contribution in [-0.4, -0.2) is 37.6 Å².